The molecule has 1 aromatic heterocycles. The Bertz CT molecular complexity index is 909. The number of carbonyl (C=O) groups excluding carboxylic acids is 1. The molecule has 136 valence electrons. The van der Waals surface area contributed by atoms with Crippen LogP contribution in [-0.2, 0) is 6.61 Å². The number of anilines is 2. The van der Waals surface area contributed by atoms with Gasteiger partial charge in [0.2, 0.25) is 5.95 Å². The number of hydrogen-bond acceptors (Lipinski definition) is 5. The van der Waals surface area contributed by atoms with Crippen molar-refractivity contribution in [2.45, 2.75) is 25.5 Å². The van der Waals surface area contributed by atoms with E-state index in [2.05, 4.69) is 20.6 Å². The Morgan fingerprint density at radius 2 is 1.81 bits per heavy atom. The summed E-state index contributed by atoms with van der Waals surface area (Å²) < 4.78 is 5.78. The molecule has 27 heavy (non-hydrogen) atoms. The highest BCUT2D eigenvalue weighted by Gasteiger charge is 2.24. The number of carbonyl (C=O) groups is 1. The second-order valence-corrected chi connectivity index (χ2v) is 6.44. The second kappa shape index (κ2) is 7.86. The number of benzene rings is 2. The predicted molar refractivity (Wildman–Crippen MR) is 103 cm³/mol. The first kappa shape index (κ1) is 17.0. The molecule has 4 rings (SSSR count). The Morgan fingerprint density at radius 3 is 2.56 bits per heavy atom. The van der Waals surface area contributed by atoms with E-state index in [1.165, 1.54) is 0 Å². The molecule has 1 aliphatic rings. The molecule has 6 heteroatoms. The van der Waals surface area contributed by atoms with Crippen molar-refractivity contribution < 1.29 is 9.53 Å². The minimum Gasteiger partial charge on any atom is -0.489 e. The Morgan fingerprint density at radius 1 is 1.04 bits per heavy atom. The zero-order chi connectivity index (χ0) is 18.5. The first-order valence-electron chi connectivity index (χ1n) is 8.94. The molecule has 0 saturated heterocycles. The van der Waals surface area contributed by atoms with Crippen LogP contribution in [-0.4, -0.2) is 21.9 Å². The van der Waals surface area contributed by atoms with Crippen LogP contribution in [0.15, 0.2) is 66.9 Å². The standard InChI is InChI=1S/C21H20N4O2/c26-20(23-16-6-7-16)19-12-13-22-21(25-19)24-17-8-10-18(11-9-17)27-14-15-4-2-1-3-5-15/h1-5,8-13,16H,6-7,14H2,(H,23,26)(H,22,24,25). The maximum absolute atomic E-state index is 12.1. The van der Waals surface area contributed by atoms with E-state index >= 15 is 0 Å². The van der Waals surface area contributed by atoms with E-state index in [4.69, 9.17) is 4.74 Å². The van der Waals surface area contributed by atoms with Gasteiger partial charge in [0.1, 0.15) is 18.1 Å². The molecule has 3 aromatic rings. The average molecular weight is 360 g/mol. The van der Waals surface area contributed by atoms with Crippen LogP contribution in [0, 0.1) is 0 Å². The molecule has 1 saturated carbocycles. The van der Waals surface area contributed by atoms with Crippen LogP contribution < -0.4 is 15.4 Å². The molecule has 0 spiro atoms. The predicted octanol–water partition coefficient (Wildman–Crippen LogP) is 3.69. The second-order valence-electron chi connectivity index (χ2n) is 6.44. The summed E-state index contributed by atoms with van der Waals surface area (Å²) in [6.45, 7) is 0.523. The van der Waals surface area contributed by atoms with Crippen molar-refractivity contribution in [3.63, 3.8) is 0 Å². The lowest BCUT2D eigenvalue weighted by Gasteiger charge is -2.09. The van der Waals surface area contributed by atoms with Crippen molar-refractivity contribution in [2.75, 3.05) is 5.32 Å². The van der Waals surface area contributed by atoms with Crippen LogP contribution in [0.1, 0.15) is 28.9 Å². The fourth-order valence-corrected chi connectivity index (χ4v) is 2.54. The summed E-state index contributed by atoms with van der Waals surface area (Å²) in [6.07, 6.45) is 3.66. The molecule has 1 fully saturated rings. The summed E-state index contributed by atoms with van der Waals surface area (Å²) in [6, 6.07) is 19.5. The fraction of sp³-hybridized carbons (Fsp3) is 0.190. The summed E-state index contributed by atoms with van der Waals surface area (Å²) in [5.74, 6) is 1.01. The summed E-state index contributed by atoms with van der Waals surface area (Å²) in [7, 11) is 0. The van der Waals surface area contributed by atoms with Crippen LogP contribution in [0.2, 0.25) is 0 Å². The summed E-state index contributed by atoms with van der Waals surface area (Å²) in [4.78, 5) is 20.5. The van der Waals surface area contributed by atoms with Gasteiger partial charge < -0.3 is 15.4 Å². The van der Waals surface area contributed by atoms with Crippen LogP contribution >= 0.6 is 0 Å². The third-order valence-corrected chi connectivity index (χ3v) is 4.16. The third-order valence-electron chi connectivity index (χ3n) is 4.16. The van der Waals surface area contributed by atoms with Crippen molar-refractivity contribution in [1.82, 2.24) is 15.3 Å². The summed E-state index contributed by atoms with van der Waals surface area (Å²) in [5.41, 5.74) is 2.30. The SMILES string of the molecule is O=C(NC1CC1)c1ccnc(Nc2ccc(OCc3ccccc3)cc2)n1. The number of hydrogen-bond donors (Lipinski definition) is 2. The number of aromatic nitrogens is 2. The van der Waals surface area contributed by atoms with Gasteiger partial charge in [0, 0.05) is 17.9 Å². The number of rotatable bonds is 7. The van der Waals surface area contributed by atoms with Crippen molar-refractivity contribution in [3.8, 4) is 5.75 Å². The molecule has 1 aliphatic carbocycles. The molecule has 0 radical (unpaired) electrons. The fourth-order valence-electron chi connectivity index (χ4n) is 2.54. The monoisotopic (exact) mass is 360 g/mol. The van der Waals surface area contributed by atoms with Crippen LogP contribution in [0.3, 0.4) is 0 Å². The molecule has 1 amide bonds. The van der Waals surface area contributed by atoms with E-state index in [1.54, 1.807) is 12.3 Å². The van der Waals surface area contributed by atoms with E-state index in [1.807, 2.05) is 54.6 Å². The first-order valence-corrected chi connectivity index (χ1v) is 8.94. The molecule has 6 nitrogen and oxygen atoms in total. The van der Waals surface area contributed by atoms with Gasteiger partial charge in [0.15, 0.2) is 0 Å². The van der Waals surface area contributed by atoms with Crippen molar-refractivity contribution in [3.05, 3.63) is 78.1 Å². The highest BCUT2D eigenvalue weighted by molar-refractivity contribution is 5.92. The Kier molecular flexibility index (Phi) is 4.96. The smallest absolute Gasteiger partial charge is 0.270 e. The van der Waals surface area contributed by atoms with E-state index in [-0.39, 0.29) is 5.91 Å². The van der Waals surface area contributed by atoms with E-state index in [9.17, 15) is 4.79 Å². The van der Waals surface area contributed by atoms with Gasteiger partial charge in [0.05, 0.1) is 0 Å². The average Bonchev–Trinajstić information content (AvgIpc) is 3.52. The lowest BCUT2D eigenvalue weighted by atomic mass is 10.2. The van der Waals surface area contributed by atoms with Crippen LogP contribution in [0.25, 0.3) is 0 Å². The van der Waals surface area contributed by atoms with E-state index in [0.29, 0.717) is 24.3 Å². The van der Waals surface area contributed by atoms with Gasteiger partial charge in [-0.25, -0.2) is 9.97 Å². The quantitative estimate of drug-likeness (QED) is 0.672. The van der Waals surface area contributed by atoms with E-state index in [0.717, 1.165) is 29.8 Å². The van der Waals surface area contributed by atoms with Crippen molar-refractivity contribution >= 4 is 17.5 Å². The Balaban J connectivity index is 1.36. The summed E-state index contributed by atoms with van der Waals surface area (Å²) in [5, 5.41) is 6.03. The summed E-state index contributed by atoms with van der Waals surface area (Å²) >= 11 is 0. The molecule has 1 heterocycles. The van der Waals surface area contributed by atoms with Gasteiger partial charge in [-0.1, -0.05) is 30.3 Å². The van der Waals surface area contributed by atoms with Gasteiger partial charge >= 0.3 is 0 Å². The number of amides is 1. The van der Waals surface area contributed by atoms with Crippen molar-refractivity contribution in [2.24, 2.45) is 0 Å². The number of nitrogens with zero attached hydrogens (tertiary/aromatic N) is 2. The number of nitrogens with one attached hydrogen (secondary N) is 2. The highest BCUT2D eigenvalue weighted by Crippen LogP contribution is 2.20. The van der Waals surface area contributed by atoms with Gasteiger partial charge in [-0.2, -0.15) is 0 Å². The minimum atomic E-state index is -0.160. The molecule has 0 atom stereocenters. The molecular formula is C21H20N4O2. The largest absolute Gasteiger partial charge is 0.489 e. The molecule has 0 aliphatic heterocycles. The zero-order valence-corrected chi connectivity index (χ0v) is 14.8. The zero-order valence-electron chi connectivity index (χ0n) is 14.8. The van der Waals surface area contributed by atoms with Crippen molar-refractivity contribution in [1.29, 1.82) is 0 Å². The normalized spacial score (nSPS) is 13.0. The maximum atomic E-state index is 12.1. The lowest BCUT2D eigenvalue weighted by molar-refractivity contribution is 0.0946. The highest BCUT2D eigenvalue weighted by atomic mass is 16.5. The third kappa shape index (κ3) is 4.82. The van der Waals surface area contributed by atoms with Gasteiger partial charge in [-0.15, -0.1) is 0 Å². The van der Waals surface area contributed by atoms with Crippen LogP contribution in [0.5, 0.6) is 5.75 Å². The van der Waals surface area contributed by atoms with Gasteiger partial charge in [-0.3, -0.25) is 4.79 Å². The molecule has 2 aromatic carbocycles. The van der Waals surface area contributed by atoms with Gasteiger partial charge in [-0.05, 0) is 48.7 Å². The Hall–Kier alpha value is -3.41. The molecule has 0 bridgehead atoms. The topological polar surface area (TPSA) is 76.1 Å². The van der Waals surface area contributed by atoms with Gasteiger partial charge in [0.25, 0.3) is 5.91 Å². The minimum absolute atomic E-state index is 0.160. The first-order chi connectivity index (χ1) is 13.3. The molecule has 2 N–H and O–H groups in total. The van der Waals surface area contributed by atoms with E-state index < -0.39 is 0 Å². The van der Waals surface area contributed by atoms with Crippen LogP contribution in [0.4, 0.5) is 11.6 Å². The maximum Gasteiger partial charge on any atom is 0.270 e. The molecule has 0 unspecified atom stereocenters. The number of ether oxygens (including phenoxy) is 1. The lowest BCUT2D eigenvalue weighted by Crippen LogP contribution is -2.26. The molecular weight excluding hydrogens is 340 g/mol. The Labute approximate surface area is 157 Å².